The standard InChI is InChI=1S/C19H35N3O2/c1-16-3-5-17(6-4-16)22(18-7-8-18)19(23)15-21-11-9-20(10-12-21)13-14-24-2/h16-18H,3-15H2,1-2H3. The van der Waals surface area contributed by atoms with Gasteiger partial charge in [-0.05, 0) is 44.4 Å². The summed E-state index contributed by atoms with van der Waals surface area (Å²) in [6, 6.07) is 1.07. The summed E-state index contributed by atoms with van der Waals surface area (Å²) in [6.45, 7) is 8.91. The molecule has 1 saturated heterocycles. The van der Waals surface area contributed by atoms with E-state index >= 15 is 0 Å². The second-order valence-electron chi connectivity index (χ2n) is 8.06. The predicted octanol–water partition coefficient (Wildman–Crippen LogP) is 1.82. The Morgan fingerprint density at radius 2 is 1.50 bits per heavy atom. The molecule has 0 aromatic carbocycles. The highest BCUT2D eigenvalue weighted by molar-refractivity contribution is 5.79. The summed E-state index contributed by atoms with van der Waals surface area (Å²) in [5.41, 5.74) is 0. The van der Waals surface area contributed by atoms with Crippen LogP contribution >= 0.6 is 0 Å². The van der Waals surface area contributed by atoms with Gasteiger partial charge in [0.15, 0.2) is 0 Å². The molecule has 1 aliphatic heterocycles. The van der Waals surface area contributed by atoms with Gasteiger partial charge in [0.2, 0.25) is 5.91 Å². The lowest BCUT2D eigenvalue weighted by Gasteiger charge is -2.39. The van der Waals surface area contributed by atoms with Crippen LogP contribution in [-0.4, -0.2) is 85.7 Å². The van der Waals surface area contributed by atoms with Crippen LogP contribution in [0.1, 0.15) is 45.4 Å². The summed E-state index contributed by atoms with van der Waals surface area (Å²) in [5, 5.41) is 0. The van der Waals surface area contributed by atoms with Crippen molar-refractivity contribution >= 4 is 5.91 Å². The average Bonchev–Trinajstić information content (AvgIpc) is 3.41. The summed E-state index contributed by atoms with van der Waals surface area (Å²) in [6.07, 6.45) is 7.46. The summed E-state index contributed by atoms with van der Waals surface area (Å²) in [4.78, 5) is 20.1. The molecule has 3 rings (SSSR count). The van der Waals surface area contributed by atoms with Gasteiger partial charge in [-0.25, -0.2) is 0 Å². The van der Waals surface area contributed by atoms with Crippen molar-refractivity contribution in [3.63, 3.8) is 0 Å². The van der Waals surface area contributed by atoms with E-state index in [1.807, 2.05) is 0 Å². The fraction of sp³-hybridized carbons (Fsp3) is 0.947. The van der Waals surface area contributed by atoms with Crippen LogP contribution < -0.4 is 0 Å². The lowest BCUT2D eigenvalue weighted by molar-refractivity contribution is -0.136. The predicted molar refractivity (Wildman–Crippen MR) is 96.0 cm³/mol. The Kier molecular flexibility index (Phi) is 6.53. The summed E-state index contributed by atoms with van der Waals surface area (Å²) in [5.74, 6) is 1.24. The molecular weight excluding hydrogens is 302 g/mol. The molecule has 0 aromatic heterocycles. The molecular formula is C19H35N3O2. The molecule has 0 atom stereocenters. The summed E-state index contributed by atoms with van der Waals surface area (Å²) in [7, 11) is 1.76. The number of amides is 1. The van der Waals surface area contributed by atoms with Crippen LogP contribution in [0.2, 0.25) is 0 Å². The highest BCUT2D eigenvalue weighted by atomic mass is 16.5. The first-order chi connectivity index (χ1) is 11.7. The van der Waals surface area contributed by atoms with Crippen LogP contribution in [0.4, 0.5) is 0 Å². The molecule has 0 bridgehead atoms. The van der Waals surface area contributed by atoms with E-state index in [0.717, 1.165) is 45.2 Å². The van der Waals surface area contributed by atoms with E-state index in [0.29, 0.717) is 24.5 Å². The van der Waals surface area contributed by atoms with Crippen molar-refractivity contribution in [1.82, 2.24) is 14.7 Å². The van der Waals surface area contributed by atoms with Crippen LogP contribution in [0.15, 0.2) is 0 Å². The van der Waals surface area contributed by atoms with E-state index in [1.54, 1.807) is 7.11 Å². The first-order valence-electron chi connectivity index (χ1n) is 9.92. The fourth-order valence-electron chi connectivity index (χ4n) is 4.24. The van der Waals surface area contributed by atoms with Gasteiger partial charge in [-0.3, -0.25) is 14.6 Å². The van der Waals surface area contributed by atoms with Gasteiger partial charge in [-0.15, -0.1) is 0 Å². The number of hydrogen-bond acceptors (Lipinski definition) is 4. The number of nitrogens with zero attached hydrogens (tertiary/aromatic N) is 3. The van der Waals surface area contributed by atoms with Gasteiger partial charge in [0.05, 0.1) is 13.2 Å². The number of hydrogen-bond donors (Lipinski definition) is 0. The monoisotopic (exact) mass is 337 g/mol. The number of carbonyl (C=O) groups is 1. The Hall–Kier alpha value is -0.650. The third-order valence-corrected chi connectivity index (χ3v) is 6.04. The zero-order valence-electron chi connectivity index (χ0n) is 15.6. The normalized spacial score (nSPS) is 29.6. The lowest BCUT2D eigenvalue weighted by atomic mass is 9.86. The lowest BCUT2D eigenvalue weighted by Crippen LogP contribution is -2.52. The Labute approximate surface area is 147 Å². The second-order valence-corrected chi connectivity index (χ2v) is 8.06. The average molecular weight is 338 g/mol. The minimum atomic E-state index is 0.391. The number of carbonyl (C=O) groups excluding carboxylic acids is 1. The first-order valence-corrected chi connectivity index (χ1v) is 9.92. The minimum absolute atomic E-state index is 0.391. The molecule has 138 valence electrons. The van der Waals surface area contributed by atoms with Crippen LogP contribution in [-0.2, 0) is 9.53 Å². The van der Waals surface area contributed by atoms with E-state index in [9.17, 15) is 4.79 Å². The van der Waals surface area contributed by atoms with Crippen LogP contribution in [0, 0.1) is 5.92 Å². The maximum absolute atomic E-state index is 13.0. The van der Waals surface area contributed by atoms with E-state index < -0.39 is 0 Å². The van der Waals surface area contributed by atoms with Crippen molar-refractivity contribution in [1.29, 1.82) is 0 Å². The van der Waals surface area contributed by atoms with Gasteiger partial charge in [-0.2, -0.15) is 0 Å². The molecule has 24 heavy (non-hydrogen) atoms. The topological polar surface area (TPSA) is 36.0 Å². The van der Waals surface area contributed by atoms with E-state index in [1.165, 1.54) is 38.5 Å². The van der Waals surface area contributed by atoms with Crippen molar-refractivity contribution in [3.05, 3.63) is 0 Å². The molecule has 0 aromatic rings. The first kappa shape index (κ1) is 18.2. The highest BCUT2D eigenvalue weighted by Gasteiger charge is 2.38. The third kappa shape index (κ3) is 4.93. The van der Waals surface area contributed by atoms with Gasteiger partial charge in [-0.1, -0.05) is 6.92 Å². The Morgan fingerprint density at radius 1 is 0.958 bits per heavy atom. The van der Waals surface area contributed by atoms with E-state index in [4.69, 9.17) is 4.74 Å². The molecule has 1 heterocycles. The van der Waals surface area contributed by atoms with Crippen molar-refractivity contribution in [2.75, 3.05) is 53.0 Å². The van der Waals surface area contributed by atoms with Gasteiger partial charge in [0.1, 0.15) is 0 Å². The van der Waals surface area contributed by atoms with Crippen molar-refractivity contribution in [2.45, 2.75) is 57.5 Å². The molecule has 3 aliphatic rings. The van der Waals surface area contributed by atoms with E-state index in [2.05, 4.69) is 21.6 Å². The number of methoxy groups -OCH3 is 1. The molecule has 5 nitrogen and oxygen atoms in total. The Morgan fingerprint density at radius 3 is 2.04 bits per heavy atom. The molecule has 0 unspecified atom stereocenters. The van der Waals surface area contributed by atoms with Crippen molar-refractivity contribution < 1.29 is 9.53 Å². The zero-order valence-corrected chi connectivity index (χ0v) is 15.6. The maximum atomic E-state index is 13.0. The van der Waals surface area contributed by atoms with Gasteiger partial charge >= 0.3 is 0 Å². The molecule has 0 spiro atoms. The van der Waals surface area contributed by atoms with Gasteiger partial charge in [0, 0.05) is 51.9 Å². The molecule has 5 heteroatoms. The number of rotatable bonds is 7. The molecule has 2 aliphatic carbocycles. The largest absolute Gasteiger partial charge is 0.383 e. The number of piperazine rings is 1. The summed E-state index contributed by atoms with van der Waals surface area (Å²) >= 11 is 0. The minimum Gasteiger partial charge on any atom is -0.383 e. The van der Waals surface area contributed by atoms with Crippen LogP contribution in [0.25, 0.3) is 0 Å². The molecule has 3 fully saturated rings. The SMILES string of the molecule is COCCN1CCN(CC(=O)N(C2CCC(C)CC2)C2CC2)CC1. The fourth-order valence-corrected chi connectivity index (χ4v) is 4.24. The molecule has 0 N–H and O–H groups in total. The second kappa shape index (κ2) is 8.63. The Balaban J connectivity index is 1.46. The van der Waals surface area contributed by atoms with Crippen LogP contribution in [0.3, 0.4) is 0 Å². The highest BCUT2D eigenvalue weighted by Crippen LogP contribution is 2.35. The Bertz CT molecular complexity index is 397. The van der Waals surface area contributed by atoms with Crippen LogP contribution in [0.5, 0.6) is 0 Å². The quantitative estimate of drug-likeness (QED) is 0.710. The van der Waals surface area contributed by atoms with Gasteiger partial charge < -0.3 is 9.64 Å². The van der Waals surface area contributed by atoms with E-state index in [-0.39, 0.29) is 0 Å². The maximum Gasteiger partial charge on any atom is 0.237 e. The molecule has 0 radical (unpaired) electrons. The summed E-state index contributed by atoms with van der Waals surface area (Å²) < 4.78 is 5.16. The molecule has 1 amide bonds. The number of ether oxygens (including phenoxy) is 1. The van der Waals surface area contributed by atoms with Crippen molar-refractivity contribution in [2.24, 2.45) is 5.92 Å². The molecule has 2 saturated carbocycles. The van der Waals surface area contributed by atoms with Gasteiger partial charge in [0.25, 0.3) is 0 Å². The third-order valence-electron chi connectivity index (χ3n) is 6.04. The smallest absolute Gasteiger partial charge is 0.237 e. The zero-order chi connectivity index (χ0) is 16.9. The van der Waals surface area contributed by atoms with Crippen molar-refractivity contribution in [3.8, 4) is 0 Å².